The summed E-state index contributed by atoms with van der Waals surface area (Å²) < 4.78 is 0. The van der Waals surface area contributed by atoms with Crippen molar-refractivity contribution in [2.45, 2.75) is 40.0 Å². The molecule has 0 aromatic heterocycles. The van der Waals surface area contributed by atoms with E-state index in [1.807, 2.05) is 0 Å². The fourth-order valence-corrected chi connectivity index (χ4v) is 1.64. The Morgan fingerprint density at radius 3 is 2.39 bits per heavy atom. The molecule has 0 atom stereocenters. The van der Waals surface area contributed by atoms with Crippen molar-refractivity contribution in [3.63, 3.8) is 0 Å². The fourth-order valence-electron chi connectivity index (χ4n) is 1.64. The molecule has 0 heterocycles. The lowest BCUT2D eigenvalue weighted by Gasteiger charge is -2.19. The molecule has 0 saturated carbocycles. The molecule has 1 rings (SSSR count). The van der Waals surface area contributed by atoms with Gasteiger partial charge < -0.3 is 0 Å². The molecule has 0 saturated heterocycles. The van der Waals surface area contributed by atoms with E-state index < -0.39 is 0 Å². The van der Waals surface area contributed by atoms with Crippen molar-refractivity contribution >= 4 is 5.57 Å². The molecule has 0 unspecified atom stereocenters. The number of hydrogen-bond acceptors (Lipinski definition) is 0. The lowest BCUT2D eigenvalue weighted by atomic mass is 9.85. The molecule has 0 fully saturated rings. The topological polar surface area (TPSA) is 0 Å². The van der Waals surface area contributed by atoms with Gasteiger partial charge in [0.15, 0.2) is 0 Å². The predicted molar refractivity (Wildman–Crippen MR) is 82.7 cm³/mol. The third-order valence-corrected chi connectivity index (χ3v) is 2.83. The van der Waals surface area contributed by atoms with E-state index in [9.17, 15) is 0 Å². The van der Waals surface area contributed by atoms with Crippen molar-refractivity contribution < 1.29 is 0 Å². The predicted octanol–water partition coefficient (Wildman–Crippen LogP) is 5.52. The van der Waals surface area contributed by atoms with Crippen LogP contribution < -0.4 is 0 Å². The summed E-state index contributed by atoms with van der Waals surface area (Å²) in [6, 6.07) is 8.63. The molecule has 0 heteroatoms. The van der Waals surface area contributed by atoms with Gasteiger partial charge in [-0.3, -0.25) is 0 Å². The summed E-state index contributed by atoms with van der Waals surface area (Å²) in [6.07, 6.45) is 6.22. The Balaban J connectivity index is 2.94. The number of hydrogen-bond donors (Lipinski definition) is 0. The molecule has 0 aliphatic heterocycles. The Morgan fingerprint density at radius 1 is 1.17 bits per heavy atom. The average molecular weight is 240 g/mol. The zero-order chi connectivity index (χ0) is 13.8. The van der Waals surface area contributed by atoms with E-state index in [-0.39, 0.29) is 5.41 Å². The van der Waals surface area contributed by atoms with Crippen LogP contribution >= 0.6 is 0 Å². The third-order valence-electron chi connectivity index (χ3n) is 2.83. The van der Waals surface area contributed by atoms with Crippen LogP contribution in [0.25, 0.3) is 5.57 Å². The van der Waals surface area contributed by atoms with Gasteiger partial charge in [-0.15, -0.1) is 0 Å². The summed E-state index contributed by atoms with van der Waals surface area (Å²) >= 11 is 0. The molecule has 0 N–H and O–H groups in total. The molecular weight excluding hydrogens is 216 g/mol. The monoisotopic (exact) mass is 240 g/mol. The van der Waals surface area contributed by atoms with Crippen LogP contribution in [0.4, 0.5) is 0 Å². The van der Waals surface area contributed by atoms with Gasteiger partial charge in [-0.2, -0.15) is 0 Å². The van der Waals surface area contributed by atoms with Crippen molar-refractivity contribution in [1.29, 1.82) is 0 Å². The molecule has 0 amide bonds. The second kappa shape index (κ2) is 5.86. The van der Waals surface area contributed by atoms with E-state index in [1.165, 1.54) is 16.7 Å². The van der Waals surface area contributed by atoms with Gasteiger partial charge in [0.25, 0.3) is 0 Å². The summed E-state index contributed by atoms with van der Waals surface area (Å²) in [4.78, 5) is 0. The molecule has 0 bridgehead atoms. The first-order valence-corrected chi connectivity index (χ1v) is 6.42. The van der Waals surface area contributed by atoms with Gasteiger partial charge in [0.05, 0.1) is 0 Å². The van der Waals surface area contributed by atoms with Crippen LogP contribution in [-0.2, 0) is 5.41 Å². The van der Waals surface area contributed by atoms with Gasteiger partial charge in [-0.1, -0.05) is 75.4 Å². The molecule has 0 nitrogen and oxygen atoms in total. The molecular formula is C18H24. The quantitative estimate of drug-likeness (QED) is 0.610. The largest absolute Gasteiger partial charge is 0.0912 e. The van der Waals surface area contributed by atoms with Gasteiger partial charge >= 0.3 is 0 Å². The van der Waals surface area contributed by atoms with Gasteiger partial charge in [0, 0.05) is 0 Å². The summed E-state index contributed by atoms with van der Waals surface area (Å²) in [5.74, 6) is 0. The first kappa shape index (κ1) is 14.5. The highest BCUT2D eigenvalue weighted by atomic mass is 14.2. The summed E-state index contributed by atoms with van der Waals surface area (Å²) in [6.45, 7) is 15.0. The van der Waals surface area contributed by atoms with E-state index in [2.05, 4.69) is 83.7 Å². The second-order valence-electron chi connectivity index (χ2n) is 5.96. The van der Waals surface area contributed by atoms with Crippen molar-refractivity contribution in [3.8, 4) is 0 Å². The fraction of sp³-hybridized carbons (Fsp3) is 0.333. The first-order chi connectivity index (χ1) is 8.30. The smallest absolute Gasteiger partial charge is 0.0132 e. The van der Waals surface area contributed by atoms with Crippen molar-refractivity contribution in [2.24, 2.45) is 0 Å². The Kier molecular flexibility index (Phi) is 4.72. The highest BCUT2D eigenvalue weighted by Crippen LogP contribution is 2.25. The van der Waals surface area contributed by atoms with Crippen LogP contribution in [-0.4, -0.2) is 0 Å². The molecule has 1 aromatic rings. The van der Waals surface area contributed by atoms with Gasteiger partial charge in [-0.25, -0.2) is 0 Å². The number of allylic oxidation sites excluding steroid dienone is 5. The van der Waals surface area contributed by atoms with E-state index in [4.69, 9.17) is 0 Å². The van der Waals surface area contributed by atoms with Crippen molar-refractivity contribution in [2.75, 3.05) is 0 Å². The molecule has 0 spiro atoms. The first-order valence-electron chi connectivity index (χ1n) is 6.42. The number of benzene rings is 1. The molecule has 0 aliphatic rings. The highest BCUT2D eigenvalue weighted by molar-refractivity contribution is 5.72. The van der Waals surface area contributed by atoms with E-state index in [1.54, 1.807) is 0 Å². The zero-order valence-corrected chi connectivity index (χ0v) is 12.2. The Bertz CT molecular complexity index is 475. The maximum absolute atomic E-state index is 4.13. The van der Waals surface area contributed by atoms with E-state index in [0.717, 1.165) is 5.57 Å². The minimum absolute atomic E-state index is 0.180. The summed E-state index contributed by atoms with van der Waals surface area (Å²) in [5.41, 5.74) is 5.07. The van der Waals surface area contributed by atoms with Gasteiger partial charge in [0.2, 0.25) is 0 Å². The molecule has 18 heavy (non-hydrogen) atoms. The Hall–Kier alpha value is -1.56. The van der Waals surface area contributed by atoms with Crippen LogP contribution in [0, 0.1) is 0 Å². The van der Waals surface area contributed by atoms with Crippen LogP contribution in [0.15, 0.2) is 54.6 Å². The van der Waals surface area contributed by atoms with Gasteiger partial charge in [0.1, 0.15) is 0 Å². The van der Waals surface area contributed by atoms with Crippen LogP contribution in [0.2, 0.25) is 0 Å². The lowest BCUT2D eigenvalue weighted by molar-refractivity contribution is 0.590. The maximum atomic E-state index is 4.13. The van der Waals surface area contributed by atoms with Gasteiger partial charge in [-0.05, 0) is 36.0 Å². The Morgan fingerprint density at radius 2 is 1.83 bits per heavy atom. The van der Waals surface area contributed by atoms with Crippen LogP contribution in [0.1, 0.15) is 45.7 Å². The SMILES string of the molecule is C=C(/C=C\C=C(C)C)c1cccc(C(C)(C)C)c1. The van der Waals surface area contributed by atoms with Crippen molar-refractivity contribution in [1.82, 2.24) is 0 Å². The maximum Gasteiger partial charge on any atom is -0.0132 e. The molecule has 0 aliphatic carbocycles. The Labute approximate surface area is 112 Å². The average Bonchev–Trinajstić information content (AvgIpc) is 2.27. The standard InChI is InChI=1S/C18H24/c1-14(2)9-7-10-15(3)16-11-8-12-17(13-16)18(4,5)6/h7-13H,3H2,1-2,4-6H3/b10-7-. The molecule has 0 radical (unpaired) electrons. The molecule has 1 aromatic carbocycles. The highest BCUT2D eigenvalue weighted by Gasteiger charge is 2.13. The molecule has 96 valence electrons. The minimum Gasteiger partial charge on any atom is -0.0912 e. The third kappa shape index (κ3) is 4.37. The van der Waals surface area contributed by atoms with Crippen LogP contribution in [0.3, 0.4) is 0 Å². The minimum atomic E-state index is 0.180. The lowest BCUT2D eigenvalue weighted by Crippen LogP contribution is -2.10. The van der Waals surface area contributed by atoms with E-state index in [0.29, 0.717) is 0 Å². The normalized spacial score (nSPS) is 11.6. The van der Waals surface area contributed by atoms with E-state index >= 15 is 0 Å². The zero-order valence-electron chi connectivity index (χ0n) is 12.2. The number of rotatable bonds is 3. The second-order valence-corrected chi connectivity index (χ2v) is 5.96. The summed E-state index contributed by atoms with van der Waals surface area (Å²) in [5, 5.41) is 0. The van der Waals surface area contributed by atoms with Crippen LogP contribution in [0.5, 0.6) is 0 Å². The van der Waals surface area contributed by atoms with Crippen molar-refractivity contribution in [3.05, 3.63) is 65.8 Å². The summed E-state index contributed by atoms with van der Waals surface area (Å²) in [7, 11) is 0.